The molecule has 0 saturated carbocycles. The molecule has 0 aromatic heterocycles. The molecular weight excluding hydrogens is 297 g/mol. The first-order chi connectivity index (χ1) is 9.66. The average molecular weight is 311 g/mol. The zero-order valence-corrected chi connectivity index (χ0v) is 14.0. The van der Waals surface area contributed by atoms with Gasteiger partial charge in [0, 0.05) is 11.3 Å². The summed E-state index contributed by atoms with van der Waals surface area (Å²) in [5.41, 5.74) is 0.120. The van der Waals surface area contributed by atoms with Gasteiger partial charge in [-0.1, -0.05) is 36.4 Å². The molecule has 2 aromatic rings. The molecule has 7 heteroatoms. The van der Waals surface area contributed by atoms with Crippen molar-refractivity contribution < 1.29 is 54.5 Å². The van der Waals surface area contributed by atoms with E-state index in [1.807, 2.05) is 6.07 Å². The van der Waals surface area contributed by atoms with Gasteiger partial charge < -0.3 is 25.4 Å². The maximum absolute atomic E-state index is 11.7. The third-order valence-electron chi connectivity index (χ3n) is 2.53. The first-order valence-electron chi connectivity index (χ1n) is 5.95. The Bertz CT molecular complexity index is 618. The molecule has 0 spiro atoms. The molecule has 0 aliphatic rings. The molecule has 1 amide bonds. The Morgan fingerprint density at radius 1 is 1.00 bits per heavy atom. The smallest absolute Gasteiger partial charge is 0.545 e. The summed E-state index contributed by atoms with van der Waals surface area (Å²) >= 11 is 0. The van der Waals surface area contributed by atoms with E-state index in [1.54, 1.807) is 36.4 Å². The van der Waals surface area contributed by atoms with Gasteiger partial charge in [-0.25, -0.2) is 0 Å². The van der Waals surface area contributed by atoms with Gasteiger partial charge in [-0.05, 0) is 18.2 Å². The summed E-state index contributed by atoms with van der Waals surface area (Å²) in [6, 6.07) is 14.9. The standard InChI is InChI=1S/C15H13NO4.Na.H2O/c17-14(10-20-11-6-2-1-3-7-11)16-13-9-5-4-8-12(13)15(18)19;;/h1-9H,10H2,(H,16,17)(H,18,19);;1H2/q;+1;/p-1. The Balaban J connectivity index is 0.00000220. The number of carbonyl (C=O) groups excluding carboxylic acids is 2. The van der Waals surface area contributed by atoms with Gasteiger partial charge in [0.05, 0.1) is 5.97 Å². The number of carboxylic acids is 1. The summed E-state index contributed by atoms with van der Waals surface area (Å²) in [7, 11) is 0. The van der Waals surface area contributed by atoms with Crippen LogP contribution in [0, 0.1) is 0 Å². The van der Waals surface area contributed by atoms with Crippen LogP contribution in [0.15, 0.2) is 54.6 Å². The van der Waals surface area contributed by atoms with Crippen LogP contribution >= 0.6 is 0 Å². The van der Waals surface area contributed by atoms with Crippen LogP contribution in [0.4, 0.5) is 5.69 Å². The second kappa shape index (κ2) is 9.97. The minimum atomic E-state index is -1.34. The molecule has 0 atom stereocenters. The van der Waals surface area contributed by atoms with E-state index in [0.29, 0.717) is 5.75 Å². The fraction of sp³-hybridized carbons (Fsp3) is 0.0667. The van der Waals surface area contributed by atoms with Crippen LogP contribution < -0.4 is 44.7 Å². The number of hydrogen-bond acceptors (Lipinski definition) is 4. The van der Waals surface area contributed by atoms with Crippen molar-refractivity contribution in [2.24, 2.45) is 0 Å². The quantitative estimate of drug-likeness (QED) is 0.603. The van der Waals surface area contributed by atoms with Crippen molar-refractivity contribution in [2.75, 3.05) is 11.9 Å². The van der Waals surface area contributed by atoms with Gasteiger partial charge in [0.2, 0.25) is 0 Å². The van der Waals surface area contributed by atoms with Gasteiger partial charge in [-0.2, -0.15) is 0 Å². The van der Waals surface area contributed by atoms with Crippen LogP contribution in [0.25, 0.3) is 0 Å². The SMILES string of the molecule is O.O=C(COc1ccccc1)Nc1ccccc1C(=O)[O-].[Na+]. The maximum atomic E-state index is 11.7. The number of carboxylic acid groups (broad SMARTS) is 1. The predicted octanol–water partition coefficient (Wildman–Crippen LogP) is -2.75. The van der Waals surface area contributed by atoms with Crippen LogP contribution in [-0.4, -0.2) is 24.0 Å². The van der Waals surface area contributed by atoms with Crippen molar-refractivity contribution >= 4 is 17.6 Å². The Morgan fingerprint density at radius 3 is 2.23 bits per heavy atom. The Morgan fingerprint density at radius 2 is 1.59 bits per heavy atom. The first kappa shape index (κ1) is 20.1. The Hall–Kier alpha value is -1.86. The molecule has 110 valence electrons. The number of carbonyl (C=O) groups is 2. The van der Waals surface area contributed by atoms with E-state index in [0.717, 1.165) is 0 Å². The third kappa shape index (κ3) is 5.87. The van der Waals surface area contributed by atoms with Gasteiger partial charge >= 0.3 is 29.6 Å². The number of amides is 1. The number of nitrogens with one attached hydrogen (secondary N) is 1. The van der Waals surface area contributed by atoms with E-state index in [-0.39, 0.29) is 52.9 Å². The van der Waals surface area contributed by atoms with Crippen molar-refractivity contribution in [1.29, 1.82) is 0 Å². The summed E-state index contributed by atoms with van der Waals surface area (Å²) in [5, 5.41) is 13.4. The number of ether oxygens (including phenoxy) is 1. The average Bonchev–Trinajstić information content (AvgIpc) is 2.46. The van der Waals surface area contributed by atoms with Crippen LogP contribution in [-0.2, 0) is 4.79 Å². The van der Waals surface area contributed by atoms with Gasteiger partial charge in [0.25, 0.3) is 5.91 Å². The van der Waals surface area contributed by atoms with Crippen molar-refractivity contribution in [1.82, 2.24) is 0 Å². The molecular formula is C15H14NNaO5. The van der Waals surface area contributed by atoms with Crippen LogP contribution in [0.2, 0.25) is 0 Å². The molecule has 6 nitrogen and oxygen atoms in total. The van der Waals surface area contributed by atoms with Gasteiger partial charge in [-0.15, -0.1) is 0 Å². The zero-order valence-electron chi connectivity index (χ0n) is 12.0. The first-order valence-corrected chi connectivity index (χ1v) is 5.95. The molecule has 0 unspecified atom stereocenters. The van der Waals surface area contributed by atoms with Crippen LogP contribution in [0.1, 0.15) is 10.4 Å². The molecule has 0 fully saturated rings. The molecule has 3 N–H and O–H groups in total. The molecule has 0 aliphatic heterocycles. The number of hydrogen-bond donors (Lipinski definition) is 1. The fourth-order valence-corrected chi connectivity index (χ4v) is 1.62. The van der Waals surface area contributed by atoms with Crippen molar-refractivity contribution in [2.45, 2.75) is 0 Å². The van der Waals surface area contributed by atoms with E-state index >= 15 is 0 Å². The monoisotopic (exact) mass is 311 g/mol. The number of rotatable bonds is 5. The van der Waals surface area contributed by atoms with Gasteiger partial charge in [0.15, 0.2) is 6.61 Å². The molecule has 22 heavy (non-hydrogen) atoms. The normalized spacial score (nSPS) is 8.91. The van der Waals surface area contributed by atoms with Crippen LogP contribution in [0.5, 0.6) is 5.75 Å². The molecule has 2 aromatic carbocycles. The van der Waals surface area contributed by atoms with E-state index in [4.69, 9.17) is 4.74 Å². The maximum Gasteiger partial charge on any atom is 1.00 e. The Kier molecular flexibility index (Phi) is 9.12. The second-order valence-corrected chi connectivity index (χ2v) is 3.98. The van der Waals surface area contributed by atoms with E-state index in [2.05, 4.69) is 5.32 Å². The Labute approximate surface area is 149 Å². The second-order valence-electron chi connectivity index (χ2n) is 3.98. The number of anilines is 1. The van der Waals surface area contributed by atoms with Crippen molar-refractivity contribution in [3.05, 3.63) is 60.2 Å². The minimum absolute atomic E-state index is 0. The molecule has 0 heterocycles. The van der Waals surface area contributed by atoms with E-state index in [9.17, 15) is 14.7 Å². The van der Waals surface area contributed by atoms with Crippen molar-refractivity contribution in [3.8, 4) is 5.75 Å². The summed E-state index contributed by atoms with van der Waals surface area (Å²) < 4.78 is 5.27. The number of benzene rings is 2. The summed E-state index contributed by atoms with van der Waals surface area (Å²) in [4.78, 5) is 22.6. The van der Waals surface area contributed by atoms with Crippen molar-refractivity contribution in [3.63, 3.8) is 0 Å². The summed E-state index contributed by atoms with van der Waals surface area (Å²) in [6.07, 6.45) is 0. The predicted molar refractivity (Wildman–Crippen MR) is 75.0 cm³/mol. The summed E-state index contributed by atoms with van der Waals surface area (Å²) in [5.74, 6) is -1.22. The zero-order chi connectivity index (χ0) is 14.4. The van der Waals surface area contributed by atoms with Gasteiger partial charge in [-0.3, -0.25) is 4.79 Å². The number of para-hydroxylation sites is 2. The molecule has 0 saturated heterocycles. The summed E-state index contributed by atoms with van der Waals surface area (Å²) in [6.45, 7) is -0.203. The molecule has 2 rings (SSSR count). The topological polar surface area (TPSA) is 110 Å². The van der Waals surface area contributed by atoms with E-state index in [1.165, 1.54) is 12.1 Å². The van der Waals surface area contributed by atoms with Crippen LogP contribution in [0.3, 0.4) is 0 Å². The molecule has 0 radical (unpaired) electrons. The molecule has 0 aliphatic carbocycles. The number of aromatic carboxylic acids is 1. The molecule has 0 bridgehead atoms. The minimum Gasteiger partial charge on any atom is -0.545 e. The fourth-order valence-electron chi connectivity index (χ4n) is 1.62. The van der Waals surface area contributed by atoms with E-state index < -0.39 is 11.9 Å². The van der Waals surface area contributed by atoms with Gasteiger partial charge in [0.1, 0.15) is 5.75 Å². The largest absolute Gasteiger partial charge is 1.00 e. The third-order valence-corrected chi connectivity index (χ3v) is 2.53.